The molecular formula is C34H43ClN2O3. The quantitative estimate of drug-likeness (QED) is 0.0551. The molecule has 0 saturated heterocycles. The molecule has 0 spiro atoms. The van der Waals surface area contributed by atoms with Gasteiger partial charge in [0.05, 0.1) is 11.8 Å². The molecule has 0 saturated carbocycles. The van der Waals surface area contributed by atoms with E-state index in [2.05, 4.69) is 17.5 Å². The number of hydrogen-bond donors (Lipinski definition) is 1. The van der Waals surface area contributed by atoms with Crippen molar-refractivity contribution < 1.29 is 14.3 Å². The third-order valence-electron chi connectivity index (χ3n) is 7.10. The van der Waals surface area contributed by atoms with Gasteiger partial charge in [-0.2, -0.15) is 5.10 Å². The van der Waals surface area contributed by atoms with E-state index in [9.17, 15) is 9.59 Å². The van der Waals surface area contributed by atoms with Crippen LogP contribution in [0, 0.1) is 0 Å². The summed E-state index contributed by atoms with van der Waals surface area (Å²) in [5.74, 6) is -0.236. The molecule has 5 nitrogen and oxygen atoms in total. The molecule has 0 fully saturated rings. The van der Waals surface area contributed by atoms with Crippen LogP contribution in [0.15, 0.2) is 65.8 Å². The van der Waals surface area contributed by atoms with Crippen LogP contribution in [0.4, 0.5) is 0 Å². The second kappa shape index (κ2) is 18.2. The van der Waals surface area contributed by atoms with Crippen LogP contribution in [0.3, 0.4) is 0 Å². The second-order valence-electron chi connectivity index (χ2n) is 10.4. The topological polar surface area (TPSA) is 67.8 Å². The molecule has 0 aliphatic rings. The van der Waals surface area contributed by atoms with E-state index in [0.717, 1.165) is 23.6 Å². The maximum absolute atomic E-state index is 12.7. The largest absolute Gasteiger partial charge is 0.422 e. The lowest BCUT2D eigenvalue weighted by atomic mass is 10.0. The van der Waals surface area contributed by atoms with Crippen LogP contribution in [-0.4, -0.2) is 18.1 Å². The lowest BCUT2D eigenvalue weighted by Crippen LogP contribution is -2.17. The van der Waals surface area contributed by atoms with Crippen LogP contribution in [0.2, 0.25) is 5.02 Å². The zero-order valence-electron chi connectivity index (χ0n) is 23.8. The van der Waals surface area contributed by atoms with E-state index < -0.39 is 5.97 Å². The van der Waals surface area contributed by atoms with Gasteiger partial charge in [-0.15, -0.1) is 0 Å². The molecule has 0 heterocycles. The van der Waals surface area contributed by atoms with E-state index in [1.807, 2.05) is 30.3 Å². The van der Waals surface area contributed by atoms with Gasteiger partial charge in [0.15, 0.2) is 0 Å². The predicted octanol–water partition coefficient (Wildman–Crippen LogP) is 9.64. The van der Waals surface area contributed by atoms with Gasteiger partial charge < -0.3 is 4.74 Å². The van der Waals surface area contributed by atoms with Crippen LogP contribution >= 0.6 is 11.6 Å². The minimum Gasteiger partial charge on any atom is -0.422 e. The van der Waals surface area contributed by atoms with E-state index in [1.165, 1.54) is 70.6 Å². The highest BCUT2D eigenvalue weighted by atomic mass is 35.5. The number of fused-ring (bicyclic) bond motifs is 1. The van der Waals surface area contributed by atoms with Crippen molar-refractivity contribution >= 4 is 40.5 Å². The maximum atomic E-state index is 12.7. The van der Waals surface area contributed by atoms with Crippen LogP contribution in [0.1, 0.15) is 113 Å². The standard InChI is InChI=1S/C34H43ClN2O3/c1-2-3-4-5-6-7-8-9-10-11-12-13-14-19-33(38)37-36-26-31-30-18-16-15-17-27(30)22-25-32(31)40-34(39)28-20-23-29(35)24-21-28/h15-18,20-26H,2-14,19H2,1H3,(H,37,38)/b36-26-. The summed E-state index contributed by atoms with van der Waals surface area (Å²) >= 11 is 5.94. The molecule has 0 unspecified atom stereocenters. The molecule has 0 aliphatic carbocycles. The SMILES string of the molecule is CCCCCCCCCCCCCCCC(=O)N/N=C\c1c(OC(=O)c2ccc(Cl)cc2)ccc2ccccc12. The minimum atomic E-state index is -0.493. The minimum absolute atomic E-state index is 0.112. The van der Waals surface area contributed by atoms with Gasteiger partial charge >= 0.3 is 5.97 Å². The van der Waals surface area contributed by atoms with E-state index in [0.29, 0.717) is 28.3 Å². The number of nitrogens with one attached hydrogen (secondary N) is 1. The van der Waals surface area contributed by atoms with E-state index >= 15 is 0 Å². The number of halogens is 1. The van der Waals surface area contributed by atoms with Gasteiger partial charge in [0.1, 0.15) is 5.75 Å². The Kier molecular flexibility index (Phi) is 14.3. The summed E-state index contributed by atoms with van der Waals surface area (Å²) in [4.78, 5) is 25.1. The number of carbonyl (C=O) groups excluding carboxylic acids is 2. The van der Waals surface area contributed by atoms with Crippen molar-refractivity contribution in [2.45, 2.75) is 96.8 Å². The highest BCUT2D eigenvalue weighted by molar-refractivity contribution is 6.30. The van der Waals surface area contributed by atoms with Crippen molar-refractivity contribution in [3.63, 3.8) is 0 Å². The molecule has 1 N–H and O–H groups in total. The second-order valence-corrected chi connectivity index (χ2v) is 10.8. The Labute approximate surface area is 244 Å². The van der Waals surface area contributed by atoms with Gasteiger partial charge in [0, 0.05) is 17.0 Å². The third-order valence-corrected chi connectivity index (χ3v) is 7.36. The van der Waals surface area contributed by atoms with Crippen molar-refractivity contribution in [3.05, 3.63) is 76.8 Å². The Balaban J connectivity index is 1.41. The number of esters is 1. The number of carbonyl (C=O) groups is 2. The molecule has 0 aromatic heterocycles. The monoisotopic (exact) mass is 562 g/mol. The molecule has 40 heavy (non-hydrogen) atoms. The third kappa shape index (κ3) is 11.1. The van der Waals surface area contributed by atoms with Gasteiger partial charge in [0.2, 0.25) is 5.91 Å². The molecule has 0 aliphatic heterocycles. The molecule has 1 amide bonds. The number of nitrogens with zero attached hydrogens (tertiary/aromatic N) is 1. The highest BCUT2D eigenvalue weighted by Crippen LogP contribution is 2.27. The number of benzene rings is 3. The van der Waals surface area contributed by atoms with E-state index in [4.69, 9.17) is 16.3 Å². The average molecular weight is 563 g/mol. The summed E-state index contributed by atoms with van der Waals surface area (Å²) in [6, 6.07) is 17.9. The normalized spacial score (nSPS) is 11.2. The van der Waals surface area contributed by atoms with Gasteiger partial charge in [-0.1, -0.05) is 126 Å². The van der Waals surface area contributed by atoms with Crippen molar-refractivity contribution in [3.8, 4) is 5.75 Å². The summed E-state index contributed by atoms with van der Waals surface area (Å²) in [5, 5.41) is 6.59. The first kappa shape index (κ1) is 31.3. The van der Waals surface area contributed by atoms with Gasteiger partial charge in [0.25, 0.3) is 0 Å². The lowest BCUT2D eigenvalue weighted by Gasteiger charge is -2.10. The number of hydrazone groups is 1. The molecule has 6 heteroatoms. The van der Waals surface area contributed by atoms with Crippen molar-refractivity contribution in [2.75, 3.05) is 0 Å². The van der Waals surface area contributed by atoms with Gasteiger partial charge in [-0.25, -0.2) is 10.2 Å². The molecule has 0 radical (unpaired) electrons. The summed E-state index contributed by atoms with van der Waals surface area (Å²) in [7, 11) is 0. The first-order valence-electron chi connectivity index (χ1n) is 14.9. The molecule has 214 valence electrons. The van der Waals surface area contributed by atoms with Crippen molar-refractivity contribution in [1.29, 1.82) is 0 Å². The highest BCUT2D eigenvalue weighted by Gasteiger charge is 2.13. The van der Waals surface area contributed by atoms with Crippen LogP contribution in [0.25, 0.3) is 10.8 Å². The fourth-order valence-corrected chi connectivity index (χ4v) is 4.90. The maximum Gasteiger partial charge on any atom is 0.343 e. The molecule has 3 rings (SSSR count). The molecule has 0 bridgehead atoms. The first-order valence-corrected chi connectivity index (χ1v) is 15.3. The van der Waals surface area contributed by atoms with Crippen molar-refractivity contribution in [1.82, 2.24) is 5.43 Å². The summed E-state index contributed by atoms with van der Waals surface area (Å²) < 4.78 is 5.70. The first-order chi connectivity index (χ1) is 19.6. The smallest absolute Gasteiger partial charge is 0.343 e. The Morgan fingerprint density at radius 2 is 1.38 bits per heavy atom. The lowest BCUT2D eigenvalue weighted by molar-refractivity contribution is -0.121. The summed E-state index contributed by atoms with van der Waals surface area (Å²) in [6.45, 7) is 2.26. The van der Waals surface area contributed by atoms with Crippen molar-refractivity contribution in [2.24, 2.45) is 5.10 Å². The van der Waals surface area contributed by atoms with Crippen LogP contribution < -0.4 is 10.2 Å². The fourth-order valence-electron chi connectivity index (χ4n) is 4.77. The molecule has 0 atom stereocenters. The Bertz CT molecular complexity index is 1220. The average Bonchev–Trinajstić information content (AvgIpc) is 2.96. The Morgan fingerprint density at radius 1 is 0.775 bits per heavy atom. The number of unbranched alkanes of at least 4 members (excludes halogenated alkanes) is 12. The fraction of sp³-hybridized carbons (Fsp3) is 0.441. The number of rotatable bonds is 18. The Hall–Kier alpha value is -3.18. The van der Waals surface area contributed by atoms with E-state index in [-0.39, 0.29) is 5.91 Å². The van der Waals surface area contributed by atoms with Crippen LogP contribution in [-0.2, 0) is 4.79 Å². The molecule has 3 aromatic rings. The molecular weight excluding hydrogens is 520 g/mol. The predicted molar refractivity (Wildman–Crippen MR) is 166 cm³/mol. The van der Waals surface area contributed by atoms with Crippen LogP contribution in [0.5, 0.6) is 5.75 Å². The zero-order valence-corrected chi connectivity index (χ0v) is 24.6. The molecule has 3 aromatic carbocycles. The summed E-state index contributed by atoms with van der Waals surface area (Å²) in [6.07, 6.45) is 18.5. The number of hydrogen-bond acceptors (Lipinski definition) is 4. The van der Waals surface area contributed by atoms with E-state index in [1.54, 1.807) is 36.5 Å². The summed E-state index contributed by atoms with van der Waals surface area (Å²) in [5.41, 5.74) is 3.65. The Morgan fingerprint density at radius 3 is 2.02 bits per heavy atom. The zero-order chi connectivity index (χ0) is 28.4. The number of ether oxygens (including phenoxy) is 1. The van der Waals surface area contributed by atoms with Gasteiger partial charge in [-0.05, 0) is 47.5 Å². The number of amides is 1. The van der Waals surface area contributed by atoms with Gasteiger partial charge in [-0.3, -0.25) is 4.79 Å².